The number of hydrogen-bond donors (Lipinski definition) is 2. The molecule has 2 N–H and O–H groups in total. The summed E-state index contributed by atoms with van der Waals surface area (Å²) in [6.45, 7) is 3.58. The third-order valence-corrected chi connectivity index (χ3v) is 2.51. The third kappa shape index (κ3) is 4.57. The molecule has 0 aliphatic carbocycles. The van der Waals surface area contributed by atoms with Crippen molar-refractivity contribution in [2.45, 2.75) is 19.9 Å². The van der Waals surface area contributed by atoms with Gasteiger partial charge in [-0.1, -0.05) is 13.8 Å². The molecule has 0 heterocycles. The molecule has 19 heavy (non-hydrogen) atoms. The first-order valence-corrected chi connectivity index (χ1v) is 5.85. The van der Waals surface area contributed by atoms with Gasteiger partial charge in [0.1, 0.15) is 11.9 Å². The lowest BCUT2D eigenvalue weighted by Gasteiger charge is -2.20. The zero-order valence-electron chi connectivity index (χ0n) is 11.1. The maximum absolute atomic E-state index is 12.7. The van der Waals surface area contributed by atoms with Crippen LogP contribution < -0.4 is 10.6 Å². The van der Waals surface area contributed by atoms with Crippen LogP contribution in [0.4, 0.5) is 14.9 Å². The van der Waals surface area contributed by atoms with Crippen molar-refractivity contribution in [2.24, 2.45) is 5.92 Å². The van der Waals surface area contributed by atoms with E-state index in [1.54, 1.807) is 13.8 Å². The van der Waals surface area contributed by atoms with Crippen LogP contribution >= 0.6 is 0 Å². The van der Waals surface area contributed by atoms with E-state index in [1.807, 2.05) is 0 Å². The smallest absolute Gasteiger partial charge is 0.328 e. The van der Waals surface area contributed by atoms with Gasteiger partial charge in [0.25, 0.3) is 0 Å². The third-order valence-electron chi connectivity index (χ3n) is 2.51. The summed E-state index contributed by atoms with van der Waals surface area (Å²) in [5.41, 5.74) is 0.436. The van der Waals surface area contributed by atoms with Gasteiger partial charge in [-0.25, -0.2) is 14.0 Å². The average Bonchev–Trinajstić information content (AvgIpc) is 2.37. The quantitative estimate of drug-likeness (QED) is 0.822. The number of amides is 2. The van der Waals surface area contributed by atoms with E-state index in [1.165, 1.54) is 31.4 Å². The van der Waals surface area contributed by atoms with Crippen LogP contribution in [0.1, 0.15) is 13.8 Å². The molecule has 0 aliphatic heterocycles. The normalized spacial score (nSPS) is 11.8. The predicted molar refractivity (Wildman–Crippen MR) is 69.2 cm³/mol. The first-order valence-electron chi connectivity index (χ1n) is 5.85. The van der Waals surface area contributed by atoms with Gasteiger partial charge >= 0.3 is 12.0 Å². The molecule has 0 aromatic heterocycles. The molecule has 5 nitrogen and oxygen atoms in total. The van der Waals surface area contributed by atoms with Crippen LogP contribution in [-0.2, 0) is 9.53 Å². The zero-order chi connectivity index (χ0) is 14.4. The first-order chi connectivity index (χ1) is 8.93. The molecule has 2 amide bonds. The molecule has 104 valence electrons. The molecule has 1 rings (SSSR count). The van der Waals surface area contributed by atoms with Crippen molar-refractivity contribution in [1.82, 2.24) is 5.32 Å². The van der Waals surface area contributed by atoms with Crippen molar-refractivity contribution in [3.05, 3.63) is 30.1 Å². The minimum atomic E-state index is -0.731. The van der Waals surface area contributed by atoms with Gasteiger partial charge in [-0.05, 0) is 30.2 Å². The van der Waals surface area contributed by atoms with Gasteiger partial charge in [0.2, 0.25) is 0 Å². The van der Waals surface area contributed by atoms with Gasteiger partial charge in [0.15, 0.2) is 0 Å². The number of nitrogens with one attached hydrogen (secondary N) is 2. The molecule has 1 aromatic carbocycles. The monoisotopic (exact) mass is 268 g/mol. The highest BCUT2D eigenvalue weighted by atomic mass is 19.1. The number of urea groups is 1. The van der Waals surface area contributed by atoms with E-state index in [4.69, 9.17) is 0 Å². The Labute approximate surface area is 111 Å². The fraction of sp³-hybridized carbons (Fsp3) is 0.385. The van der Waals surface area contributed by atoms with Crippen LogP contribution in [0, 0.1) is 11.7 Å². The largest absolute Gasteiger partial charge is 0.467 e. The van der Waals surface area contributed by atoms with Crippen molar-refractivity contribution in [3.63, 3.8) is 0 Å². The fourth-order valence-electron chi connectivity index (χ4n) is 1.47. The molecule has 0 aliphatic rings. The Morgan fingerprint density at radius 3 is 2.26 bits per heavy atom. The number of esters is 1. The highest BCUT2D eigenvalue weighted by molar-refractivity contribution is 5.92. The number of carbonyl (C=O) groups excluding carboxylic acids is 2. The highest BCUT2D eigenvalue weighted by Crippen LogP contribution is 2.09. The van der Waals surface area contributed by atoms with E-state index in [2.05, 4.69) is 15.4 Å². The van der Waals surface area contributed by atoms with Gasteiger partial charge in [-0.3, -0.25) is 0 Å². The molecule has 0 saturated heterocycles. The molecule has 0 radical (unpaired) electrons. The topological polar surface area (TPSA) is 67.4 Å². The van der Waals surface area contributed by atoms with Crippen molar-refractivity contribution in [2.75, 3.05) is 12.4 Å². The van der Waals surface area contributed by atoms with Crippen molar-refractivity contribution >= 4 is 17.7 Å². The Morgan fingerprint density at radius 1 is 1.21 bits per heavy atom. The number of anilines is 1. The fourth-order valence-corrected chi connectivity index (χ4v) is 1.47. The summed E-state index contributed by atoms with van der Waals surface area (Å²) >= 11 is 0. The summed E-state index contributed by atoms with van der Waals surface area (Å²) in [6, 6.07) is 4.04. The van der Waals surface area contributed by atoms with Crippen LogP contribution in [0.25, 0.3) is 0 Å². The Bertz CT molecular complexity index is 446. The van der Waals surface area contributed by atoms with Gasteiger partial charge in [-0.15, -0.1) is 0 Å². The number of benzene rings is 1. The standard InChI is InChI=1S/C13H17FN2O3/c1-8(2)11(12(17)19-3)16-13(18)15-10-6-4-9(14)5-7-10/h4-8,11H,1-3H3,(H2,15,16,18). The molecule has 1 unspecified atom stereocenters. The summed E-state index contributed by atoms with van der Waals surface area (Å²) in [6.07, 6.45) is 0. The molecule has 0 spiro atoms. The summed E-state index contributed by atoms with van der Waals surface area (Å²) in [7, 11) is 1.26. The number of halogens is 1. The number of rotatable bonds is 4. The molecular formula is C13H17FN2O3. The molecule has 6 heteroatoms. The van der Waals surface area contributed by atoms with Crippen LogP contribution in [-0.4, -0.2) is 25.2 Å². The average molecular weight is 268 g/mol. The van der Waals surface area contributed by atoms with Crippen molar-refractivity contribution in [3.8, 4) is 0 Å². The Morgan fingerprint density at radius 2 is 1.79 bits per heavy atom. The van der Waals surface area contributed by atoms with Gasteiger partial charge in [-0.2, -0.15) is 0 Å². The lowest BCUT2D eigenvalue weighted by molar-refractivity contribution is -0.143. The van der Waals surface area contributed by atoms with Gasteiger partial charge in [0.05, 0.1) is 7.11 Å². The van der Waals surface area contributed by atoms with Crippen LogP contribution in [0.15, 0.2) is 24.3 Å². The molecule has 0 fully saturated rings. The second-order valence-corrected chi connectivity index (χ2v) is 4.35. The number of ether oxygens (including phenoxy) is 1. The minimum Gasteiger partial charge on any atom is -0.467 e. The van der Waals surface area contributed by atoms with Gasteiger partial charge in [0, 0.05) is 5.69 Å². The molecule has 1 aromatic rings. The summed E-state index contributed by atoms with van der Waals surface area (Å²) in [5, 5.41) is 5.02. The molecule has 0 saturated carbocycles. The summed E-state index contributed by atoms with van der Waals surface area (Å²) in [5.74, 6) is -1.00. The molecule has 0 bridgehead atoms. The van der Waals surface area contributed by atoms with E-state index >= 15 is 0 Å². The number of hydrogen-bond acceptors (Lipinski definition) is 3. The summed E-state index contributed by atoms with van der Waals surface area (Å²) < 4.78 is 17.3. The Kier molecular flexibility index (Phi) is 5.29. The number of carbonyl (C=O) groups is 2. The maximum Gasteiger partial charge on any atom is 0.328 e. The second-order valence-electron chi connectivity index (χ2n) is 4.35. The minimum absolute atomic E-state index is 0.105. The number of methoxy groups -OCH3 is 1. The van der Waals surface area contributed by atoms with E-state index in [0.717, 1.165) is 0 Å². The molecule has 1 atom stereocenters. The van der Waals surface area contributed by atoms with Crippen molar-refractivity contribution in [1.29, 1.82) is 0 Å². The van der Waals surface area contributed by atoms with E-state index in [9.17, 15) is 14.0 Å². The van der Waals surface area contributed by atoms with Crippen molar-refractivity contribution < 1.29 is 18.7 Å². The lowest BCUT2D eigenvalue weighted by Crippen LogP contribution is -2.46. The Hall–Kier alpha value is -2.11. The van der Waals surface area contributed by atoms with Crippen LogP contribution in [0.5, 0.6) is 0 Å². The second kappa shape index (κ2) is 6.72. The molecular weight excluding hydrogens is 251 g/mol. The zero-order valence-corrected chi connectivity index (χ0v) is 11.1. The highest BCUT2D eigenvalue weighted by Gasteiger charge is 2.24. The maximum atomic E-state index is 12.7. The lowest BCUT2D eigenvalue weighted by atomic mass is 10.1. The van der Waals surface area contributed by atoms with E-state index in [0.29, 0.717) is 5.69 Å². The SMILES string of the molecule is COC(=O)C(NC(=O)Nc1ccc(F)cc1)C(C)C. The van der Waals surface area contributed by atoms with Crippen LogP contribution in [0.2, 0.25) is 0 Å². The van der Waals surface area contributed by atoms with E-state index in [-0.39, 0.29) is 11.7 Å². The predicted octanol–water partition coefficient (Wildman–Crippen LogP) is 2.14. The first kappa shape index (κ1) is 14.9. The summed E-state index contributed by atoms with van der Waals surface area (Å²) in [4.78, 5) is 23.2. The van der Waals surface area contributed by atoms with Gasteiger partial charge < -0.3 is 15.4 Å². The van der Waals surface area contributed by atoms with Crippen LogP contribution in [0.3, 0.4) is 0 Å². The van der Waals surface area contributed by atoms with E-state index < -0.39 is 18.0 Å². The Balaban J connectivity index is 2.62.